The SMILES string of the molecule is O=C1N[C@@H](Cc2c[nH]c3ccccc23)C(=O)N2CCNC[C@@H]12. The molecule has 0 saturated carbocycles. The predicted molar refractivity (Wildman–Crippen MR) is 82.3 cm³/mol. The maximum atomic E-state index is 12.6. The van der Waals surface area contributed by atoms with E-state index in [0.717, 1.165) is 23.0 Å². The molecule has 0 aliphatic carbocycles. The first kappa shape index (κ1) is 13.3. The average Bonchev–Trinajstić information content (AvgIpc) is 2.96. The van der Waals surface area contributed by atoms with Crippen LogP contribution in [0.2, 0.25) is 0 Å². The number of piperazine rings is 2. The number of carbonyl (C=O) groups is 2. The van der Waals surface area contributed by atoms with Gasteiger partial charge in [-0.3, -0.25) is 9.59 Å². The lowest BCUT2D eigenvalue weighted by Gasteiger charge is -2.41. The maximum Gasteiger partial charge on any atom is 0.246 e. The minimum absolute atomic E-state index is 0.0244. The van der Waals surface area contributed by atoms with E-state index in [4.69, 9.17) is 0 Å². The van der Waals surface area contributed by atoms with Crippen LogP contribution in [0.5, 0.6) is 0 Å². The van der Waals surface area contributed by atoms with Crippen molar-refractivity contribution in [3.05, 3.63) is 36.0 Å². The van der Waals surface area contributed by atoms with Gasteiger partial charge in [0.25, 0.3) is 0 Å². The van der Waals surface area contributed by atoms with E-state index < -0.39 is 6.04 Å². The zero-order valence-electron chi connectivity index (χ0n) is 12.1. The third kappa shape index (κ3) is 2.07. The van der Waals surface area contributed by atoms with Gasteiger partial charge in [-0.05, 0) is 11.6 Å². The quantitative estimate of drug-likeness (QED) is 0.731. The van der Waals surface area contributed by atoms with Gasteiger partial charge in [0.1, 0.15) is 12.1 Å². The summed E-state index contributed by atoms with van der Waals surface area (Å²) in [5.41, 5.74) is 2.11. The molecule has 0 unspecified atom stereocenters. The monoisotopic (exact) mass is 298 g/mol. The predicted octanol–water partition coefficient (Wildman–Crippen LogP) is 0.00920. The van der Waals surface area contributed by atoms with Gasteiger partial charge >= 0.3 is 0 Å². The van der Waals surface area contributed by atoms with Crippen LogP contribution in [0.25, 0.3) is 10.9 Å². The second-order valence-electron chi connectivity index (χ2n) is 5.88. The molecule has 3 N–H and O–H groups in total. The molecule has 114 valence electrons. The molecule has 2 atom stereocenters. The Kier molecular flexibility index (Phi) is 3.11. The van der Waals surface area contributed by atoms with Crippen molar-refractivity contribution in [1.82, 2.24) is 20.5 Å². The topological polar surface area (TPSA) is 77.2 Å². The molecular weight excluding hydrogens is 280 g/mol. The van der Waals surface area contributed by atoms with Gasteiger partial charge in [0.2, 0.25) is 11.8 Å². The number of para-hydroxylation sites is 1. The molecule has 6 heteroatoms. The number of nitrogens with one attached hydrogen (secondary N) is 3. The molecule has 2 aliphatic heterocycles. The molecule has 1 aromatic heterocycles. The Hall–Kier alpha value is -2.34. The summed E-state index contributed by atoms with van der Waals surface area (Å²) in [5.74, 6) is -0.0342. The normalized spacial score (nSPS) is 25.2. The van der Waals surface area contributed by atoms with Gasteiger partial charge in [-0.25, -0.2) is 0 Å². The van der Waals surface area contributed by atoms with Crippen molar-refractivity contribution in [2.24, 2.45) is 0 Å². The Labute approximate surface area is 127 Å². The van der Waals surface area contributed by atoms with E-state index >= 15 is 0 Å². The lowest BCUT2D eigenvalue weighted by atomic mass is 9.99. The lowest BCUT2D eigenvalue weighted by Crippen LogP contribution is -2.69. The molecule has 0 bridgehead atoms. The molecular formula is C16H18N4O2. The highest BCUT2D eigenvalue weighted by atomic mass is 16.2. The van der Waals surface area contributed by atoms with Gasteiger partial charge in [0.05, 0.1) is 0 Å². The van der Waals surface area contributed by atoms with E-state index in [-0.39, 0.29) is 17.9 Å². The van der Waals surface area contributed by atoms with Gasteiger partial charge in [-0.15, -0.1) is 0 Å². The standard InChI is InChI=1S/C16H18N4O2/c21-15-14-9-17-5-6-20(14)16(22)13(19-15)7-10-8-18-12-4-2-1-3-11(10)12/h1-4,8,13-14,17-18H,5-7,9H2,(H,19,21)/t13-,14-/m0/s1. The summed E-state index contributed by atoms with van der Waals surface area (Å²) < 4.78 is 0. The van der Waals surface area contributed by atoms with Crippen LogP contribution < -0.4 is 10.6 Å². The fourth-order valence-electron chi connectivity index (χ4n) is 3.39. The third-order valence-electron chi connectivity index (χ3n) is 4.54. The van der Waals surface area contributed by atoms with Crippen molar-refractivity contribution in [2.75, 3.05) is 19.6 Å². The molecule has 1 aromatic carbocycles. The number of carbonyl (C=O) groups excluding carboxylic acids is 2. The molecule has 0 radical (unpaired) electrons. The van der Waals surface area contributed by atoms with Crippen LogP contribution in [-0.2, 0) is 16.0 Å². The van der Waals surface area contributed by atoms with E-state index in [0.29, 0.717) is 19.5 Å². The van der Waals surface area contributed by atoms with E-state index in [2.05, 4.69) is 15.6 Å². The molecule has 22 heavy (non-hydrogen) atoms. The van der Waals surface area contributed by atoms with Crippen LogP contribution in [0, 0.1) is 0 Å². The number of aromatic amines is 1. The Balaban J connectivity index is 1.60. The first-order chi connectivity index (χ1) is 10.7. The van der Waals surface area contributed by atoms with E-state index in [1.54, 1.807) is 4.90 Å². The number of hydrogen-bond acceptors (Lipinski definition) is 3. The highest BCUT2D eigenvalue weighted by Crippen LogP contribution is 2.21. The van der Waals surface area contributed by atoms with Crippen LogP contribution in [0.15, 0.2) is 30.5 Å². The van der Waals surface area contributed by atoms with Gasteiger partial charge in [-0.2, -0.15) is 0 Å². The first-order valence-corrected chi connectivity index (χ1v) is 7.60. The van der Waals surface area contributed by atoms with E-state index in [1.807, 2.05) is 30.5 Å². The van der Waals surface area contributed by atoms with E-state index in [9.17, 15) is 9.59 Å². The first-order valence-electron chi connectivity index (χ1n) is 7.60. The molecule has 6 nitrogen and oxygen atoms in total. The fourth-order valence-corrected chi connectivity index (χ4v) is 3.39. The lowest BCUT2D eigenvalue weighted by molar-refractivity contribution is -0.150. The second kappa shape index (κ2) is 5.14. The van der Waals surface area contributed by atoms with Crippen LogP contribution in [0.4, 0.5) is 0 Å². The summed E-state index contributed by atoms with van der Waals surface area (Å²) in [6, 6.07) is 7.16. The number of rotatable bonds is 2. The molecule has 4 rings (SSSR count). The van der Waals surface area contributed by atoms with Crippen LogP contribution in [0.3, 0.4) is 0 Å². The van der Waals surface area contributed by atoms with Crippen LogP contribution >= 0.6 is 0 Å². The number of aromatic nitrogens is 1. The van der Waals surface area contributed by atoms with Crippen molar-refractivity contribution >= 4 is 22.7 Å². The Morgan fingerprint density at radius 1 is 1.23 bits per heavy atom. The smallest absolute Gasteiger partial charge is 0.246 e. The van der Waals surface area contributed by atoms with Crippen molar-refractivity contribution in [1.29, 1.82) is 0 Å². The molecule has 2 saturated heterocycles. The molecule has 2 fully saturated rings. The number of fused-ring (bicyclic) bond motifs is 2. The second-order valence-corrected chi connectivity index (χ2v) is 5.88. The maximum absolute atomic E-state index is 12.6. The summed E-state index contributed by atoms with van der Waals surface area (Å²) in [4.78, 5) is 29.8. The minimum Gasteiger partial charge on any atom is -0.361 e. The minimum atomic E-state index is -0.471. The van der Waals surface area contributed by atoms with Gasteiger partial charge in [-0.1, -0.05) is 18.2 Å². The highest BCUT2D eigenvalue weighted by Gasteiger charge is 2.41. The molecule has 2 aromatic rings. The summed E-state index contributed by atoms with van der Waals surface area (Å²) in [6.07, 6.45) is 2.44. The fraction of sp³-hybridized carbons (Fsp3) is 0.375. The van der Waals surface area contributed by atoms with Gasteiger partial charge in [0, 0.05) is 43.2 Å². The molecule has 2 aliphatic rings. The molecule has 3 heterocycles. The largest absolute Gasteiger partial charge is 0.361 e. The van der Waals surface area contributed by atoms with Gasteiger partial charge < -0.3 is 20.5 Å². The Bertz CT molecular complexity index is 739. The average molecular weight is 298 g/mol. The van der Waals surface area contributed by atoms with Crippen molar-refractivity contribution in [3.8, 4) is 0 Å². The molecule has 2 amide bonds. The number of nitrogens with zero attached hydrogens (tertiary/aromatic N) is 1. The summed E-state index contributed by atoms with van der Waals surface area (Å²) in [7, 11) is 0. The number of H-pyrrole nitrogens is 1. The van der Waals surface area contributed by atoms with Crippen molar-refractivity contribution < 1.29 is 9.59 Å². The highest BCUT2D eigenvalue weighted by molar-refractivity contribution is 5.98. The zero-order valence-corrected chi connectivity index (χ0v) is 12.1. The van der Waals surface area contributed by atoms with Crippen molar-refractivity contribution in [3.63, 3.8) is 0 Å². The Morgan fingerprint density at radius 2 is 2.09 bits per heavy atom. The van der Waals surface area contributed by atoms with E-state index in [1.165, 1.54) is 0 Å². The number of hydrogen-bond donors (Lipinski definition) is 3. The van der Waals surface area contributed by atoms with Crippen LogP contribution in [0.1, 0.15) is 5.56 Å². The summed E-state index contributed by atoms with van der Waals surface area (Å²) in [5, 5.41) is 7.15. The molecule has 0 spiro atoms. The summed E-state index contributed by atoms with van der Waals surface area (Å²) in [6.45, 7) is 1.88. The summed E-state index contributed by atoms with van der Waals surface area (Å²) >= 11 is 0. The number of benzene rings is 1. The zero-order chi connectivity index (χ0) is 15.1. The number of amides is 2. The third-order valence-corrected chi connectivity index (χ3v) is 4.54. The Morgan fingerprint density at radius 3 is 3.00 bits per heavy atom. The van der Waals surface area contributed by atoms with Crippen LogP contribution in [-0.4, -0.2) is 53.4 Å². The van der Waals surface area contributed by atoms with Gasteiger partial charge in [0.15, 0.2) is 0 Å². The van der Waals surface area contributed by atoms with Crippen molar-refractivity contribution in [2.45, 2.75) is 18.5 Å².